The van der Waals surface area contributed by atoms with Crippen LogP contribution in [0.5, 0.6) is 0 Å². The predicted molar refractivity (Wildman–Crippen MR) is 68.8 cm³/mol. The second-order valence-corrected chi connectivity index (χ2v) is 4.91. The zero-order chi connectivity index (χ0) is 14.9. The molecule has 1 aromatic heterocycles. The Balaban J connectivity index is 2.31. The summed E-state index contributed by atoms with van der Waals surface area (Å²) in [7, 11) is 0. The van der Waals surface area contributed by atoms with Crippen LogP contribution in [-0.4, -0.2) is 16.1 Å². The van der Waals surface area contributed by atoms with Crippen molar-refractivity contribution in [3.05, 3.63) is 40.0 Å². The lowest BCUT2D eigenvalue weighted by Gasteiger charge is -2.11. The fourth-order valence-corrected chi connectivity index (χ4v) is 2.31. The Kier molecular flexibility index (Phi) is 3.87. The van der Waals surface area contributed by atoms with E-state index in [1.54, 1.807) is 0 Å². The number of hydrogen-bond acceptors (Lipinski definition) is 4. The number of nitrogens with zero attached hydrogens (tertiary/aromatic N) is 1. The van der Waals surface area contributed by atoms with Gasteiger partial charge in [0.15, 0.2) is 5.69 Å². The van der Waals surface area contributed by atoms with Crippen LogP contribution in [0.15, 0.2) is 23.7 Å². The van der Waals surface area contributed by atoms with Gasteiger partial charge >= 0.3 is 12.1 Å². The number of thiazole rings is 1. The third-order valence-corrected chi connectivity index (χ3v) is 3.37. The Bertz CT molecular complexity index is 657. The van der Waals surface area contributed by atoms with Gasteiger partial charge in [-0.15, -0.1) is 11.3 Å². The lowest BCUT2D eigenvalue weighted by atomic mass is 10.2. The van der Waals surface area contributed by atoms with Crippen molar-refractivity contribution in [3.63, 3.8) is 0 Å². The molecule has 0 amide bonds. The van der Waals surface area contributed by atoms with Gasteiger partial charge in [0, 0.05) is 0 Å². The van der Waals surface area contributed by atoms with Crippen LogP contribution in [-0.2, 0) is 6.18 Å². The zero-order valence-corrected chi connectivity index (χ0v) is 11.1. The number of carbonyl (C=O) groups is 1. The van der Waals surface area contributed by atoms with E-state index >= 15 is 0 Å². The molecule has 0 saturated carbocycles. The molecule has 106 valence electrons. The van der Waals surface area contributed by atoms with Crippen LogP contribution in [0.25, 0.3) is 0 Å². The number of nitrogens with one attached hydrogen (secondary N) is 1. The number of aromatic nitrogens is 1. The first-order valence-corrected chi connectivity index (χ1v) is 6.35. The van der Waals surface area contributed by atoms with Crippen molar-refractivity contribution in [1.29, 1.82) is 0 Å². The predicted octanol–water partition coefficient (Wildman–Crippen LogP) is 4.26. The molecule has 4 nitrogen and oxygen atoms in total. The van der Waals surface area contributed by atoms with Crippen molar-refractivity contribution in [1.82, 2.24) is 4.98 Å². The second kappa shape index (κ2) is 5.29. The fraction of sp³-hybridized carbons (Fsp3) is 0.0909. The van der Waals surface area contributed by atoms with E-state index < -0.39 is 17.7 Å². The van der Waals surface area contributed by atoms with E-state index in [-0.39, 0.29) is 21.4 Å². The number of halogens is 4. The molecule has 0 aliphatic carbocycles. The molecule has 2 N–H and O–H groups in total. The van der Waals surface area contributed by atoms with Gasteiger partial charge in [0.1, 0.15) is 5.00 Å². The van der Waals surface area contributed by atoms with Crippen LogP contribution < -0.4 is 5.32 Å². The summed E-state index contributed by atoms with van der Waals surface area (Å²) in [5.41, 5.74) is 0.386. The lowest BCUT2D eigenvalue weighted by molar-refractivity contribution is -0.137. The molecule has 0 bridgehead atoms. The summed E-state index contributed by atoms with van der Waals surface area (Å²) in [6.07, 6.45) is -4.49. The molecular weight excluding hydrogens is 317 g/mol. The van der Waals surface area contributed by atoms with Gasteiger partial charge < -0.3 is 10.4 Å². The molecule has 0 aliphatic heterocycles. The number of benzene rings is 1. The van der Waals surface area contributed by atoms with Crippen LogP contribution >= 0.6 is 22.9 Å². The van der Waals surface area contributed by atoms with Crippen molar-refractivity contribution >= 4 is 39.6 Å². The fourth-order valence-electron chi connectivity index (χ4n) is 1.40. The standard InChI is InChI=1S/C11H6ClF3N2O2S/c12-6-3-5(11(13,14)15)1-2-7(6)17-9-8(10(18)19)16-4-20-9/h1-4,17H,(H,18,19). The van der Waals surface area contributed by atoms with Gasteiger partial charge in [0.25, 0.3) is 0 Å². The first-order valence-electron chi connectivity index (χ1n) is 5.09. The zero-order valence-electron chi connectivity index (χ0n) is 9.53. The molecule has 1 heterocycles. The summed E-state index contributed by atoms with van der Waals surface area (Å²) in [6, 6.07) is 2.76. The third-order valence-electron chi connectivity index (χ3n) is 2.31. The average molecular weight is 323 g/mol. The Labute approximate surface area is 119 Å². The summed E-state index contributed by atoms with van der Waals surface area (Å²) >= 11 is 6.77. The highest BCUT2D eigenvalue weighted by atomic mass is 35.5. The van der Waals surface area contributed by atoms with Crippen LogP contribution in [0.1, 0.15) is 16.1 Å². The van der Waals surface area contributed by atoms with E-state index in [1.807, 2.05) is 0 Å². The van der Waals surface area contributed by atoms with Gasteiger partial charge in [-0.3, -0.25) is 0 Å². The molecular formula is C11H6ClF3N2O2S. The molecule has 0 aliphatic rings. The van der Waals surface area contributed by atoms with Crippen LogP contribution in [0.3, 0.4) is 0 Å². The number of rotatable bonds is 3. The number of alkyl halides is 3. The first kappa shape index (κ1) is 14.6. The van der Waals surface area contributed by atoms with Crippen LogP contribution in [0.2, 0.25) is 5.02 Å². The molecule has 0 saturated heterocycles. The maximum atomic E-state index is 12.5. The summed E-state index contributed by atoms with van der Waals surface area (Å²) in [4.78, 5) is 14.5. The Morgan fingerprint density at radius 1 is 1.40 bits per heavy atom. The third kappa shape index (κ3) is 3.02. The molecule has 2 aromatic rings. The Hall–Kier alpha value is -1.80. The summed E-state index contributed by atoms with van der Waals surface area (Å²) in [5, 5.41) is 11.6. The highest BCUT2D eigenvalue weighted by Crippen LogP contribution is 2.35. The SMILES string of the molecule is O=C(O)c1ncsc1Nc1ccc(C(F)(F)F)cc1Cl. The number of anilines is 2. The average Bonchev–Trinajstić information content (AvgIpc) is 2.78. The van der Waals surface area contributed by atoms with Crippen molar-refractivity contribution < 1.29 is 23.1 Å². The number of aromatic carboxylic acids is 1. The second-order valence-electron chi connectivity index (χ2n) is 3.65. The minimum absolute atomic E-state index is 0.162. The molecule has 0 unspecified atom stereocenters. The van der Waals surface area contributed by atoms with E-state index in [0.717, 1.165) is 29.5 Å². The minimum atomic E-state index is -4.49. The smallest absolute Gasteiger partial charge is 0.416 e. The normalized spacial score (nSPS) is 11.4. The summed E-state index contributed by atoms with van der Waals surface area (Å²) < 4.78 is 37.4. The molecule has 2 rings (SSSR count). The molecule has 20 heavy (non-hydrogen) atoms. The van der Waals surface area contributed by atoms with E-state index in [1.165, 1.54) is 5.51 Å². The topological polar surface area (TPSA) is 62.2 Å². The number of carboxylic acid groups (broad SMARTS) is 1. The van der Waals surface area contributed by atoms with Crippen molar-refractivity contribution in [2.24, 2.45) is 0 Å². The van der Waals surface area contributed by atoms with Crippen LogP contribution in [0, 0.1) is 0 Å². The van der Waals surface area contributed by atoms with Gasteiger partial charge in [0.05, 0.1) is 21.8 Å². The molecule has 0 radical (unpaired) electrons. The van der Waals surface area contributed by atoms with Crippen molar-refractivity contribution in [3.8, 4) is 0 Å². The molecule has 9 heteroatoms. The monoisotopic (exact) mass is 322 g/mol. The van der Waals surface area contributed by atoms with Crippen LogP contribution in [0.4, 0.5) is 23.9 Å². The lowest BCUT2D eigenvalue weighted by Crippen LogP contribution is -2.05. The van der Waals surface area contributed by atoms with E-state index in [9.17, 15) is 18.0 Å². The summed E-state index contributed by atoms with van der Waals surface area (Å²) in [6.45, 7) is 0. The summed E-state index contributed by atoms with van der Waals surface area (Å²) in [5.74, 6) is -1.24. The molecule has 1 aromatic carbocycles. The maximum absolute atomic E-state index is 12.5. The van der Waals surface area contributed by atoms with Gasteiger partial charge in [-0.2, -0.15) is 13.2 Å². The van der Waals surface area contributed by atoms with Gasteiger partial charge in [0.2, 0.25) is 0 Å². The highest BCUT2D eigenvalue weighted by Gasteiger charge is 2.31. The number of carboxylic acids is 1. The Morgan fingerprint density at radius 3 is 2.65 bits per heavy atom. The largest absolute Gasteiger partial charge is 0.476 e. The molecule has 0 spiro atoms. The van der Waals surface area contributed by atoms with Gasteiger partial charge in [-0.05, 0) is 18.2 Å². The molecule has 0 fully saturated rings. The van der Waals surface area contributed by atoms with Gasteiger partial charge in [-0.25, -0.2) is 9.78 Å². The van der Waals surface area contributed by atoms with Gasteiger partial charge in [-0.1, -0.05) is 11.6 Å². The van der Waals surface area contributed by atoms with E-state index in [0.29, 0.717) is 0 Å². The maximum Gasteiger partial charge on any atom is 0.416 e. The number of hydrogen-bond donors (Lipinski definition) is 2. The highest BCUT2D eigenvalue weighted by molar-refractivity contribution is 7.14. The van der Waals surface area contributed by atoms with E-state index in [2.05, 4.69) is 10.3 Å². The quantitative estimate of drug-likeness (QED) is 0.886. The van der Waals surface area contributed by atoms with Crippen molar-refractivity contribution in [2.45, 2.75) is 6.18 Å². The first-order chi connectivity index (χ1) is 9.29. The molecule has 0 atom stereocenters. The Morgan fingerprint density at radius 2 is 2.10 bits per heavy atom. The van der Waals surface area contributed by atoms with E-state index in [4.69, 9.17) is 16.7 Å². The minimum Gasteiger partial charge on any atom is -0.476 e. The van der Waals surface area contributed by atoms with Crippen molar-refractivity contribution in [2.75, 3.05) is 5.32 Å².